The molecule has 0 radical (unpaired) electrons. The second-order valence-corrected chi connectivity index (χ2v) is 12.7. The molecule has 4 fully saturated rings. The first-order valence-electron chi connectivity index (χ1n) is 14.5. The lowest BCUT2D eigenvalue weighted by Gasteiger charge is -2.63. The number of hydrogen-bond donors (Lipinski definition) is 3. The molecule has 1 aromatic rings. The Morgan fingerprint density at radius 2 is 1.72 bits per heavy atom. The van der Waals surface area contributed by atoms with Crippen molar-refractivity contribution in [1.29, 1.82) is 0 Å². The summed E-state index contributed by atoms with van der Waals surface area (Å²) < 4.78 is 39.6. The number of fused-ring (bicyclic) bond motifs is 3. The summed E-state index contributed by atoms with van der Waals surface area (Å²) in [5, 5.41) is 16.8. The topological polar surface area (TPSA) is 96.9 Å². The Morgan fingerprint density at radius 3 is 2.44 bits per heavy atom. The summed E-state index contributed by atoms with van der Waals surface area (Å²) >= 11 is 0. The predicted octanol–water partition coefficient (Wildman–Crippen LogP) is 4.21. The third-order valence-electron chi connectivity index (χ3n) is 10.2. The molecule has 3 saturated carbocycles. The molecule has 0 aromatic heterocycles. The number of hydrogen-bond acceptors (Lipinski definition) is 5. The fourth-order valence-electron chi connectivity index (χ4n) is 8.10. The molecule has 3 N–H and O–H groups in total. The normalized spacial score (nSPS) is 36.6. The average Bonchev–Trinajstić information content (AvgIpc) is 3.43. The van der Waals surface area contributed by atoms with E-state index in [2.05, 4.69) is 24.5 Å². The molecule has 0 spiro atoms. The van der Waals surface area contributed by atoms with E-state index in [4.69, 9.17) is 9.47 Å². The standard InChI is InChI=1S/C30H42F2N2O5/c1-29-10-9-25-30(2,17-38-27(39-25)16-34-28(37)19-5-3-4-6-19)24(29)8-7-23(35)22(29)14-26(36)33-15-18-11-20(31)13-21(32)12-18/h11-13,19,22-25,27,35H,3-10,14-17H2,1-2H3,(H,33,36)(H,34,37). The van der Waals surface area contributed by atoms with Crippen LogP contribution in [-0.4, -0.2) is 48.6 Å². The Bertz CT molecular complexity index is 1050. The van der Waals surface area contributed by atoms with Gasteiger partial charge in [0.25, 0.3) is 0 Å². The van der Waals surface area contributed by atoms with Crippen molar-refractivity contribution in [2.24, 2.45) is 28.6 Å². The lowest BCUT2D eigenvalue weighted by Crippen LogP contribution is -2.63. The molecule has 4 aliphatic rings. The van der Waals surface area contributed by atoms with Crippen LogP contribution in [0, 0.1) is 40.2 Å². The zero-order valence-electron chi connectivity index (χ0n) is 23.0. The maximum absolute atomic E-state index is 13.5. The van der Waals surface area contributed by atoms with Gasteiger partial charge in [-0.1, -0.05) is 26.7 Å². The van der Waals surface area contributed by atoms with Gasteiger partial charge in [0.2, 0.25) is 11.8 Å². The van der Waals surface area contributed by atoms with Gasteiger partial charge in [0.15, 0.2) is 6.29 Å². The van der Waals surface area contributed by atoms with Gasteiger partial charge in [-0.2, -0.15) is 0 Å². The number of carbonyl (C=O) groups excluding carboxylic acids is 2. The summed E-state index contributed by atoms with van der Waals surface area (Å²) in [6, 6.07) is 3.21. The molecule has 0 bridgehead atoms. The van der Waals surface area contributed by atoms with E-state index in [1.807, 2.05) is 0 Å². The molecule has 7 unspecified atom stereocenters. The number of rotatable bonds is 7. The van der Waals surface area contributed by atoms with Gasteiger partial charge in [0, 0.05) is 30.4 Å². The lowest BCUT2D eigenvalue weighted by molar-refractivity contribution is -0.306. The number of ether oxygens (including phenoxy) is 2. The molecule has 39 heavy (non-hydrogen) atoms. The van der Waals surface area contributed by atoms with Crippen LogP contribution in [0.15, 0.2) is 18.2 Å². The molecule has 1 saturated heterocycles. The zero-order chi connectivity index (χ0) is 27.8. The highest BCUT2D eigenvalue weighted by atomic mass is 19.1. The first-order valence-corrected chi connectivity index (χ1v) is 14.5. The number of benzene rings is 1. The van der Waals surface area contributed by atoms with Crippen molar-refractivity contribution in [3.63, 3.8) is 0 Å². The Balaban J connectivity index is 1.20. The molecular formula is C30H42F2N2O5. The van der Waals surface area contributed by atoms with Crippen LogP contribution in [-0.2, 0) is 25.6 Å². The van der Waals surface area contributed by atoms with Gasteiger partial charge in [-0.3, -0.25) is 9.59 Å². The molecule has 216 valence electrons. The van der Waals surface area contributed by atoms with E-state index in [-0.39, 0.29) is 59.5 Å². The first kappa shape index (κ1) is 28.4. The second kappa shape index (κ2) is 11.4. The van der Waals surface area contributed by atoms with Gasteiger partial charge in [0.05, 0.1) is 25.4 Å². The molecule has 7 nitrogen and oxygen atoms in total. The van der Waals surface area contributed by atoms with Crippen molar-refractivity contribution in [2.45, 2.75) is 96.7 Å². The van der Waals surface area contributed by atoms with Gasteiger partial charge in [-0.15, -0.1) is 0 Å². The molecular weight excluding hydrogens is 506 g/mol. The van der Waals surface area contributed by atoms with Crippen LogP contribution >= 0.6 is 0 Å². The smallest absolute Gasteiger partial charge is 0.223 e. The largest absolute Gasteiger partial charge is 0.393 e. The summed E-state index contributed by atoms with van der Waals surface area (Å²) in [6.07, 6.45) is 6.18. The summed E-state index contributed by atoms with van der Waals surface area (Å²) in [5.74, 6) is -1.47. The molecule has 2 amide bonds. The van der Waals surface area contributed by atoms with Gasteiger partial charge in [-0.05, 0) is 73.5 Å². The maximum atomic E-state index is 13.5. The highest BCUT2D eigenvalue weighted by Gasteiger charge is 2.61. The predicted molar refractivity (Wildman–Crippen MR) is 140 cm³/mol. The Labute approximate surface area is 229 Å². The second-order valence-electron chi connectivity index (χ2n) is 12.7. The van der Waals surface area contributed by atoms with Crippen molar-refractivity contribution in [2.75, 3.05) is 13.2 Å². The quantitative estimate of drug-likeness (QED) is 0.474. The monoisotopic (exact) mass is 548 g/mol. The van der Waals surface area contributed by atoms with E-state index >= 15 is 0 Å². The third kappa shape index (κ3) is 5.86. The van der Waals surface area contributed by atoms with Crippen LogP contribution in [0.2, 0.25) is 0 Å². The van der Waals surface area contributed by atoms with Crippen LogP contribution < -0.4 is 10.6 Å². The summed E-state index contributed by atoms with van der Waals surface area (Å²) in [6.45, 7) is 5.24. The molecule has 1 heterocycles. The molecule has 1 aromatic carbocycles. The van der Waals surface area contributed by atoms with Crippen molar-refractivity contribution in [3.8, 4) is 0 Å². The van der Waals surface area contributed by atoms with Crippen molar-refractivity contribution >= 4 is 11.8 Å². The van der Waals surface area contributed by atoms with Crippen LogP contribution in [0.25, 0.3) is 0 Å². The lowest BCUT2D eigenvalue weighted by atomic mass is 9.46. The van der Waals surface area contributed by atoms with E-state index in [1.165, 1.54) is 12.1 Å². The Hall–Kier alpha value is -2.10. The van der Waals surface area contributed by atoms with Crippen molar-refractivity contribution in [1.82, 2.24) is 10.6 Å². The number of nitrogens with one attached hydrogen (secondary N) is 2. The number of aliphatic hydroxyl groups excluding tert-OH is 1. The Morgan fingerprint density at radius 1 is 1.00 bits per heavy atom. The first-order chi connectivity index (χ1) is 18.6. The molecule has 9 heteroatoms. The van der Waals surface area contributed by atoms with E-state index in [9.17, 15) is 23.5 Å². The van der Waals surface area contributed by atoms with E-state index in [0.29, 0.717) is 25.1 Å². The molecule has 7 atom stereocenters. The van der Waals surface area contributed by atoms with E-state index < -0.39 is 24.0 Å². The van der Waals surface area contributed by atoms with Gasteiger partial charge < -0.3 is 25.2 Å². The summed E-state index contributed by atoms with van der Waals surface area (Å²) in [7, 11) is 0. The van der Waals surface area contributed by atoms with E-state index in [1.54, 1.807) is 0 Å². The minimum Gasteiger partial charge on any atom is -0.393 e. The minimum atomic E-state index is -0.683. The van der Waals surface area contributed by atoms with Crippen LogP contribution in [0.4, 0.5) is 8.78 Å². The molecule has 1 aliphatic heterocycles. The van der Waals surface area contributed by atoms with Gasteiger partial charge in [0.1, 0.15) is 11.6 Å². The summed E-state index contributed by atoms with van der Waals surface area (Å²) in [5.41, 5.74) is -0.207. The highest BCUT2D eigenvalue weighted by molar-refractivity contribution is 5.78. The number of halogens is 2. The van der Waals surface area contributed by atoms with Crippen molar-refractivity contribution in [3.05, 3.63) is 35.4 Å². The van der Waals surface area contributed by atoms with Crippen LogP contribution in [0.3, 0.4) is 0 Å². The average molecular weight is 549 g/mol. The minimum absolute atomic E-state index is 0.0229. The molecule has 3 aliphatic carbocycles. The highest BCUT2D eigenvalue weighted by Crippen LogP contribution is 2.62. The Kier molecular flexibility index (Phi) is 8.32. The zero-order valence-corrected chi connectivity index (χ0v) is 23.0. The fourth-order valence-corrected chi connectivity index (χ4v) is 8.10. The van der Waals surface area contributed by atoms with Crippen molar-refractivity contribution < 1.29 is 33.0 Å². The van der Waals surface area contributed by atoms with E-state index in [0.717, 1.165) is 51.0 Å². The molecule has 5 rings (SSSR count). The van der Waals surface area contributed by atoms with Gasteiger partial charge in [-0.25, -0.2) is 8.78 Å². The fraction of sp³-hybridized carbons (Fsp3) is 0.733. The third-order valence-corrected chi connectivity index (χ3v) is 10.2. The van der Waals surface area contributed by atoms with Crippen LogP contribution in [0.5, 0.6) is 0 Å². The maximum Gasteiger partial charge on any atom is 0.223 e. The number of aliphatic hydroxyl groups is 1. The number of amides is 2. The van der Waals surface area contributed by atoms with Gasteiger partial charge >= 0.3 is 0 Å². The SMILES string of the molecule is CC12COC(CNC(=O)C3CCCC3)OC1CCC1(C)C(CC(=O)NCc3cc(F)cc(F)c3)C(O)CCC21. The summed E-state index contributed by atoms with van der Waals surface area (Å²) in [4.78, 5) is 25.4. The van der Waals surface area contributed by atoms with Crippen LogP contribution in [0.1, 0.15) is 77.2 Å². The number of carbonyl (C=O) groups is 2.